The molecule has 2 saturated carbocycles. The van der Waals surface area contributed by atoms with Gasteiger partial charge in [0.05, 0.1) is 12.5 Å². The number of carbonyl (C=O) groups excluding carboxylic acids is 1. The number of benzene rings is 2. The Morgan fingerprint density at radius 3 is 1.51 bits per heavy atom. The van der Waals surface area contributed by atoms with E-state index in [1.54, 1.807) is 36.4 Å². The Bertz CT molecular complexity index is 1420. The third-order valence-corrected chi connectivity index (χ3v) is 7.49. The van der Waals surface area contributed by atoms with Crippen molar-refractivity contribution in [3.63, 3.8) is 0 Å². The van der Waals surface area contributed by atoms with E-state index in [0.29, 0.717) is 12.5 Å². The molecule has 5 N–H and O–H groups in total. The third-order valence-electron chi connectivity index (χ3n) is 7.49. The highest BCUT2D eigenvalue weighted by atomic mass is 32.2. The molecule has 2 aromatic rings. The molecule has 0 bridgehead atoms. The Hall–Kier alpha value is -2.61. The molecular weight excluding hydrogens is 704 g/mol. The minimum absolute atomic E-state index is 0.00409. The van der Waals surface area contributed by atoms with Crippen LogP contribution < -0.4 is 11.2 Å². The summed E-state index contributed by atoms with van der Waals surface area (Å²) in [5, 5.41) is 1.42. The number of nitrogens with one attached hydrogen (secondary N) is 1. The van der Waals surface area contributed by atoms with Gasteiger partial charge in [-0.3, -0.25) is 13.9 Å². The lowest BCUT2D eigenvalue weighted by atomic mass is 9.90. The number of rotatable bonds is 4. The maximum absolute atomic E-state index is 13.5. The molecule has 1 saturated heterocycles. The van der Waals surface area contributed by atoms with E-state index in [1.165, 1.54) is 49.2 Å². The zero-order chi connectivity index (χ0) is 37.5. The maximum atomic E-state index is 13.5. The molecule has 2 aliphatic carbocycles. The van der Waals surface area contributed by atoms with Crippen LogP contribution in [-0.2, 0) is 25.9 Å². The van der Waals surface area contributed by atoms with Crippen LogP contribution in [0.4, 0.5) is 26.3 Å². The van der Waals surface area contributed by atoms with Crippen LogP contribution in [0.1, 0.15) is 80.1 Å². The number of alkyl halides is 6. The summed E-state index contributed by atoms with van der Waals surface area (Å²) in [6, 6.07) is 14.7. The molecule has 2 atom stereocenters. The second kappa shape index (κ2) is 19.7. The Balaban J connectivity index is 0.000000343. The van der Waals surface area contributed by atoms with E-state index in [2.05, 4.69) is 5.43 Å². The van der Waals surface area contributed by atoms with E-state index in [4.69, 9.17) is 14.8 Å². The maximum Gasteiger partial charge on any atom is 0.454 e. The van der Waals surface area contributed by atoms with E-state index in [1.807, 2.05) is 0 Å². The third kappa shape index (κ3) is 17.7. The van der Waals surface area contributed by atoms with Crippen LogP contribution in [0.5, 0.6) is 0 Å². The lowest BCUT2D eigenvalue weighted by Gasteiger charge is -2.26. The Morgan fingerprint density at radius 2 is 1.16 bits per heavy atom. The fraction of sp³-hybridized carbons (Fsp3) is 0.581. The molecule has 2 aromatic carbocycles. The fourth-order valence-corrected chi connectivity index (χ4v) is 5.28. The standard InChI is InChI=1S/C14H17F3N2.C8H5F3O.C7H15N.2CH4O3S/c15-14(16,17)13(11-7-3-1-4-8-11)18-19(13)12-9-5-2-6-10-12;9-8(10,11)7(12)6-4-2-1-3-5-6;8-6-7-4-2-1-3-5-7;2*1-5(2,3)4/h1,3-4,7-8,12,18H,2,5-6,9-10H2;1-5H;7H,1-6,8H2;2*1H3,(H,2,3,4). The van der Waals surface area contributed by atoms with Crippen LogP contribution in [0.25, 0.3) is 0 Å². The second-order valence-electron chi connectivity index (χ2n) is 11.7. The van der Waals surface area contributed by atoms with Gasteiger partial charge in [0.15, 0.2) is 0 Å². The predicted octanol–water partition coefficient (Wildman–Crippen LogP) is 6.52. The second-order valence-corrected chi connectivity index (χ2v) is 14.7. The minimum Gasteiger partial charge on any atom is -0.330 e. The van der Waals surface area contributed by atoms with Crippen LogP contribution in [0.2, 0.25) is 0 Å². The Morgan fingerprint density at radius 1 is 0.776 bits per heavy atom. The molecule has 0 spiro atoms. The average Bonchev–Trinajstić information content (AvgIpc) is 3.79. The normalized spacial score (nSPS) is 21.5. The monoisotopic (exact) mass is 749 g/mol. The molecule has 0 aromatic heterocycles. The Labute approximate surface area is 283 Å². The van der Waals surface area contributed by atoms with Gasteiger partial charge in [-0.15, -0.1) is 0 Å². The van der Waals surface area contributed by atoms with E-state index in [-0.39, 0.29) is 17.2 Å². The van der Waals surface area contributed by atoms with E-state index in [9.17, 15) is 48.0 Å². The largest absolute Gasteiger partial charge is 0.454 e. The zero-order valence-electron chi connectivity index (χ0n) is 27.3. The van der Waals surface area contributed by atoms with Crippen molar-refractivity contribution < 1.29 is 57.1 Å². The molecule has 2 unspecified atom stereocenters. The molecule has 1 heterocycles. The molecule has 1 aliphatic heterocycles. The van der Waals surface area contributed by atoms with E-state index < -0.39 is 44.0 Å². The number of nitrogens with two attached hydrogens (primary N) is 1. The van der Waals surface area contributed by atoms with Crippen LogP contribution in [0.15, 0.2) is 60.7 Å². The van der Waals surface area contributed by atoms with Gasteiger partial charge in [-0.25, -0.2) is 10.4 Å². The van der Waals surface area contributed by atoms with Gasteiger partial charge in [-0.1, -0.05) is 99.2 Å². The quantitative estimate of drug-likeness (QED) is 0.117. The predicted molar refractivity (Wildman–Crippen MR) is 173 cm³/mol. The number of nitrogens with zero attached hydrogens (tertiary/aromatic N) is 1. The highest BCUT2D eigenvalue weighted by Gasteiger charge is 2.72. The van der Waals surface area contributed by atoms with E-state index in [0.717, 1.165) is 56.7 Å². The first-order chi connectivity index (χ1) is 22.5. The van der Waals surface area contributed by atoms with Crippen molar-refractivity contribution in [1.82, 2.24) is 10.4 Å². The Kier molecular flexibility index (Phi) is 17.9. The first-order valence-corrected chi connectivity index (χ1v) is 19.1. The van der Waals surface area contributed by atoms with Crippen LogP contribution >= 0.6 is 0 Å². The van der Waals surface area contributed by atoms with Crippen LogP contribution in [0.3, 0.4) is 0 Å². The van der Waals surface area contributed by atoms with Crippen molar-refractivity contribution in [3.05, 3.63) is 71.8 Å². The first-order valence-electron chi connectivity index (χ1n) is 15.4. The summed E-state index contributed by atoms with van der Waals surface area (Å²) in [7, 11) is -7.33. The first kappa shape index (κ1) is 44.4. The summed E-state index contributed by atoms with van der Waals surface area (Å²) in [5.41, 5.74) is 6.11. The summed E-state index contributed by atoms with van der Waals surface area (Å²) < 4.78 is 128. The molecule has 10 nitrogen and oxygen atoms in total. The van der Waals surface area contributed by atoms with Crippen molar-refractivity contribution in [2.75, 3.05) is 19.1 Å². The van der Waals surface area contributed by atoms with Gasteiger partial charge < -0.3 is 5.73 Å². The number of hydrogen-bond acceptors (Lipinski definition) is 8. The molecule has 0 amide bonds. The van der Waals surface area contributed by atoms with Gasteiger partial charge >= 0.3 is 12.4 Å². The van der Waals surface area contributed by atoms with Crippen LogP contribution in [-0.4, -0.2) is 74.2 Å². The fourth-order valence-electron chi connectivity index (χ4n) is 5.28. The lowest BCUT2D eigenvalue weighted by Crippen LogP contribution is -2.38. The van der Waals surface area contributed by atoms with Crippen molar-refractivity contribution in [2.45, 2.75) is 88.3 Å². The summed E-state index contributed by atoms with van der Waals surface area (Å²) in [4.78, 5) is 10.5. The number of Topliss-reactive ketones (excluding diaryl/α,β-unsaturated/α-hetero) is 1. The smallest absolute Gasteiger partial charge is 0.330 e. The number of hydrazine groups is 1. The average molecular weight is 750 g/mol. The van der Waals surface area contributed by atoms with Crippen molar-refractivity contribution in [1.29, 1.82) is 0 Å². The van der Waals surface area contributed by atoms with Crippen molar-refractivity contribution >= 4 is 26.0 Å². The molecule has 0 radical (unpaired) electrons. The summed E-state index contributed by atoms with van der Waals surface area (Å²) in [6.07, 6.45) is 4.27. The van der Waals surface area contributed by atoms with Gasteiger partial charge in [0.25, 0.3) is 26.0 Å². The van der Waals surface area contributed by atoms with Crippen LogP contribution in [0, 0.1) is 5.92 Å². The van der Waals surface area contributed by atoms with Gasteiger partial charge in [0.2, 0.25) is 5.66 Å². The summed E-state index contributed by atoms with van der Waals surface area (Å²) in [5.74, 6) is -0.938. The number of carbonyl (C=O) groups is 1. The molecule has 3 fully saturated rings. The topological polar surface area (TPSA) is 177 Å². The van der Waals surface area contributed by atoms with Gasteiger partial charge in [0.1, 0.15) is 0 Å². The molecule has 49 heavy (non-hydrogen) atoms. The molecule has 3 aliphatic rings. The zero-order valence-corrected chi connectivity index (χ0v) is 28.9. The highest BCUT2D eigenvalue weighted by Crippen LogP contribution is 2.52. The number of ketones is 1. The van der Waals surface area contributed by atoms with Crippen molar-refractivity contribution in [3.8, 4) is 0 Å². The number of halogens is 6. The molecular formula is C31H45F6N3O7S2. The minimum atomic E-state index is -4.78. The molecule has 280 valence electrons. The van der Waals surface area contributed by atoms with Gasteiger partial charge in [-0.2, -0.15) is 43.2 Å². The molecule has 5 rings (SSSR count). The lowest BCUT2D eigenvalue weighted by molar-refractivity contribution is -0.178. The van der Waals surface area contributed by atoms with E-state index >= 15 is 0 Å². The van der Waals surface area contributed by atoms with Gasteiger partial charge in [0, 0.05) is 11.6 Å². The summed E-state index contributed by atoms with van der Waals surface area (Å²) >= 11 is 0. The molecule has 18 heteroatoms. The SMILES string of the molecule is CS(=O)(=O)O.CS(=O)(=O)O.FC(F)(F)C1(c2ccccc2)NN1C1CCCCC1.NCC1CCCCC1.O=C(c1ccccc1)C(F)(F)F. The summed E-state index contributed by atoms with van der Waals surface area (Å²) in [6.45, 7) is 0.917. The van der Waals surface area contributed by atoms with Crippen molar-refractivity contribution in [2.24, 2.45) is 11.7 Å². The number of hydrogen-bond donors (Lipinski definition) is 4. The highest BCUT2D eigenvalue weighted by molar-refractivity contribution is 7.85. The van der Waals surface area contributed by atoms with Gasteiger partial charge in [-0.05, 0) is 43.7 Å².